The zero-order valence-electron chi connectivity index (χ0n) is 18.9. The van der Waals surface area contributed by atoms with Gasteiger partial charge in [-0.3, -0.25) is 4.90 Å². The van der Waals surface area contributed by atoms with Gasteiger partial charge in [-0.1, -0.05) is 45.3 Å². The van der Waals surface area contributed by atoms with E-state index >= 15 is 0 Å². The summed E-state index contributed by atoms with van der Waals surface area (Å²) in [6.45, 7) is 10.4. The number of piperazine rings is 1. The fourth-order valence-electron chi connectivity index (χ4n) is 4.18. The largest absolute Gasteiger partial charge is 0.419 e. The SMILES string of the molecule is C=C(C)C(F)F.CC1CCC(CCN2CCN(c3cccc(C(F)(F)F)c3F)CC2)CC1. The third-order valence-electron chi connectivity index (χ3n) is 6.36. The summed E-state index contributed by atoms with van der Waals surface area (Å²) >= 11 is 0. The first-order valence-corrected chi connectivity index (χ1v) is 11.3. The van der Waals surface area contributed by atoms with Crippen molar-refractivity contribution in [2.45, 2.75) is 58.6 Å². The molecule has 182 valence electrons. The Morgan fingerprint density at radius 2 is 1.62 bits per heavy atom. The molecule has 1 aromatic carbocycles. The summed E-state index contributed by atoms with van der Waals surface area (Å²) in [7, 11) is 0. The number of anilines is 1. The molecule has 2 aliphatic rings. The van der Waals surface area contributed by atoms with E-state index in [9.17, 15) is 26.3 Å². The molecular formula is C24H34F6N2. The van der Waals surface area contributed by atoms with Crippen molar-refractivity contribution in [1.29, 1.82) is 0 Å². The van der Waals surface area contributed by atoms with Gasteiger partial charge in [0.1, 0.15) is 0 Å². The molecule has 1 saturated carbocycles. The third-order valence-corrected chi connectivity index (χ3v) is 6.36. The minimum Gasteiger partial charge on any atom is -0.367 e. The molecule has 1 aromatic rings. The second-order valence-corrected chi connectivity index (χ2v) is 9.03. The van der Waals surface area contributed by atoms with Gasteiger partial charge in [-0.2, -0.15) is 13.2 Å². The van der Waals surface area contributed by atoms with E-state index in [0.29, 0.717) is 13.1 Å². The second-order valence-electron chi connectivity index (χ2n) is 9.03. The Labute approximate surface area is 187 Å². The average molecular weight is 465 g/mol. The molecule has 0 N–H and O–H groups in total. The van der Waals surface area contributed by atoms with E-state index in [2.05, 4.69) is 18.4 Å². The highest BCUT2D eigenvalue weighted by atomic mass is 19.4. The molecule has 8 heteroatoms. The van der Waals surface area contributed by atoms with E-state index in [1.807, 2.05) is 0 Å². The van der Waals surface area contributed by atoms with Crippen molar-refractivity contribution in [2.75, 3.05) is 37.6 Å². The normalized spacial score (nSPS) is 22.5. The summed E-state index contributed by atoms with van der Waals surface area (Å²) in [5.74, 6) is 0.520. The average Bonchev–Trinajstić information content (AvgIpc) is 2.73. The molecule has 1 aliphatic carbocycles. The van der Waals surface area contributed by atoms with Crippen molar-refractivity contribution < 1.29 is 26.3 Å². The maximum Gasteiger partial charge on any atom is 0.419 e. The first-order chi connectivity index (χ1) is 15.0. The molecule has 0 amide bonds. The minimum absolute atomic E-state index is 0.0701. The van der Waals surface area contributed by atoms with E-state index in [1.54, 1.807) is 4.90 Å². The first kappa shape index (κ1) is 26.6. The predicted octanol–water partition coefficient (Wildman–Crippen LogP) is 7.01. The molecule has 0 unspecified atom stereocenters. The van der Waals surface area contributed by atoms with Gasteiger partial charge < -0.3 is 4.90 Å². The van der Waals surface area contributed by atoms with Crippen molar-refractivity contribution >= 4 is 5.69 Å². The van der Waals surface area contributed by atoms with Crippen LogP contribution in [-0.4, -0.2) is 44.0 Å². The Balaban J connectivity index is 0.000000534. The van der Waals surface area contributed by atoms with Crippen LogP contribution in [0.2, 0.25) is 0 Å². The summed E-state index contributed by atoms with van der Waals surface area (Å²) in [6, 6.07) is 3.54. The standard InChI is InChI=1S/C20H28F4N2.C4H6F2/c1-15-5-7-16(8-6-15)9-10-25-11-13-26(14-12-25)18-4-2-3-17(19(18)21)20(22,23)24;1-3(2)4(5)6/h2-4,15-16H,5-14H2,1H3;4H,1H2,2H3. The molecule has 0 aromatic heterocycles. The number of rotatable bonds is 5. The highest BCUT2D eigenvalue weighted by Gasteiger charge is 2.36. The minimum atomic E-state index is -4.65. The highest BCUT2D eigenvalue weighted by molar-refractivity contribution is 5.51. The molecule has 1 saturated heterocycles. The molecule has 2 fully saturated rings. The number of alkyl halides is 5. The smallest absolute Gasteiger partial charge is 0.367 e. The van der Waals surface area contributed by atoms with Gasteiger partial charge >= 0.3 is 6.18 Å². The number of allylic oxidation sites excluding steroid dienone is 1. The van der Waals surface area contributed by atoms with Gasteiger partial charge in [0, 0.05) is 26.2 Å². The molecule has 32 heavy (non-hydrogen) atoms. The monoisotopic (exact) mass is 464 g/mol. The van der Waals surface area contributed by atoms with Gasteiger partial charge in [0.05, 0.1) is 11.3 Å². The predicted molar refractivity (Wildman–Crippen MR) is 117 cm³/mol. The van der Waals surface area contributed by atoms with Crippen LogP contribution in [0.5, 0.6) is 0 Å². The van der Waals surface area contributed by atoms with Crippen molar-refractivity contribution in [3.05, 3.63) is 41.7 Å². The zero-order valence-corrected chi connectivity index (χ0v) is 18.9. The van der Waals surface area contributed by atoms with Crippen molar-refractivity contribution in [3.8, 4) is 0 Å². The van der Waals surface area contributed by atoms with Crippen LogP contribution in [-0.2, 0) is 6.18 Å². The van der Waals surface area contributed by atoms with Crippen LogP contribution in [0, 0.1) is 17.7 Å². The van der Waals surface area contributed by atoms with Crippen molar-refractivity contribution in [3.63, 3.8) is 0 Å². The van der Waals surface area contributed by atoms with Gasteiger partial charge in [-0.05, 0) is 49.4 Å². The Morgan fingerprint density at radius 3 is 2.12 bits per heavy atom. The van der Waals surface area contributed by atoms with E-state index in [0.717, 1.165) is 37.5 Å². The fourth-order valence-corrected chi connectivity index (χ4v) is 4.18. The topological polar surface area (TPSA) is 6.48 Å². The van der Waals surface area contributed by atoms with Crippen LogP contribution >= 0.6 is 0 Å². The fraction of sp³-hybridized carbons (Fsp3) is 0.667. The zero-order chi connectivity index (χ0) is 23.9. The molecule has 0 radical (unpaired) electrons. The molecule has 0 atom stereocenters. The Hall–Kier alpha value is -1.70. The number of hydrogen-bond donors (Lipinski definition) is 0. The summed E-state index contributed by atoms with van der Waals surface area (Å²) in [6.07, 6.45) is -0.512. The molecule has 1 heterocycles. The van der Waals surface area contributed by atoms with Crippen molar-refractivity contribution in [2.24, 2.45) is 11.8 Å². The lowest BCUT2D eigenvalue weighted by atomic mass is 9.81. The van der Waals surface area contributed by atoms with Gasteiger partial charge in [-0.25, -0.2) is 13.2 Å². The van der Waals surface area contributed by atoms with Crippen LogP contribution in [0.25, 0.3) is 0 Å². The highest BCUT2D eigenvalue weighted by Crippen LogP contribution is 2.35. The number of nitrogens with zero attached hydrogens (tertiary/aromatic N) is 2. The summed E-state index contributed by atoms with van der Waals surface area (Å²) in [4.78, 5) is 4.10. The van der Waals surface area contributed by atoms with Gasteiger partial charge in [0.15, 0.2) is 5.82 Å². The van der Waals surface area contributed by atoms with Crippen LogP contribution in [0.3, 0.4) is 0 Å². The first-order valence-electron chi connectivity index (χ1n) is 11.3. The number of halogens is 6. The molecule has 1 aliphatic heterocycles. The Kier molecular flexibility index (Phi) is 9.92. The third kappa shape index (κ3) is 8.01. The lowest BCUT2D eigenvalue weighted by Gasteiger charge is -2.37. The summed E-state index contributed by atoms with van der Waals surface area (Å²) in [5.41, 5.74) is -1.18. The molecule has 0 spiro atoms. The Morgan fingerprint density at radius 1 is 1.06 bits per heavy atom. The van der Waals surface area contributed by atoms with Crippen LogP contribution < -0.4 is 4.90 Å². The molecule has 2 nitrogen and oxygen atoms in total. The van der Waals surface area contributed by atoms with Crippen LogP contribution in [0.4, 0.5) is 32.0 Å². The van der Waals surface area contributed by atoms with E-state index in [4.69, 9.17) is 0 Å². The lowest BCUT2D eigenvalue weighted by Crippen LogP contribution is -2.47. The van der Waals surface area contributed by atoms with Gasteiger partial charge in [-0.15, -0.1) is 0 Å². The second kappa shape index (κ2) is 12.0. The van der Waals surface area contributed by atoms with Gasteiger partial charge in [0.25, 0.3) is 6.43 Å². The van der Waals surface area contributed by atoms with Gasteiger partial charge in [0.2, 0.25) is 0 Å². The van der Waals surface area contributed by atoms with E-state index in [-0.39, 0.29) is 11.3 Å². The van der Waals surface area contributed by atoms with E-state index in [1.165, 1.54) is 51.2 Å². The van der Waals surface area contributed by atoms with E-state index < -0.39 is 24.0 Å². The molecular weight excluding hydrogens is 430 g/mol. The van der Waals surface area contributed by atoms with Crippen LogP contribution in [0.15, 0.2) is 30.4 Å². The Bertz CT molecular complexity index is 718. The summed E-state index contributed by atoms with van der Waals surface area (Å²) < 4.78 is 75.1. The summed E-state index contributed by atoms with van der Waals surface area (Å²) in [5, 5.41) is 0. The number of hydrogen-bond acceptors (Lipinski definition) is 2. The van der Waals surface area contributed by atoms with Crippen LogP contribution in [0.1, 0.15) is 51.5 Å². The molecule has 3 rings (SSSR count). The lowest BCUT2D eigenvalue weighted by molar-refractivity contribution is -0.139. The maximum absolute atomic E-state index is 14.3. The maximum atomic E-state index is 14.3. The number of benzene rings is 1. The molecule has 0 bridgehead atoms. The quantitative estimate of drug-likeness (QED) is 0.342. The van der Waals surface area contributed by atoms with Crippen molar-refractivity contribution in [1.82, 2.24) is 4.90 Å².